The summed E-state index contributed by atoms with van der Waals surface area (Å²) in [5.74, 6) is -1.61. The molecule has 5 bridgehead atoms. The van der Waals surface area contributed by atoms with E-state index in [1.165, 1.54) is 0 Å². The van der Waals surface area contributed by atoms with E-state index < -0.39 is 40.0 Å². The van der Waals surface area contributed by atoms with Gasteiger partial charge in [0.05, 0.1) is 23.2 Å². The average Bonchev–Trinajstić information content (AvgIpc) is 2.86. The second-order valence-corrected chi connectivity index (χ2v) is 10.7. The van der Waals surface area contributed by atoms with Crippen molar-refractivity contribution in [3.05, 3.63) is 0 Å². The Balaban J connectivity index is 1.79. The molecule has 5 nitrogen and oxygen atoms in total. The van der Waals surface area contributed by atoms with E-state index in [2.05, 4.69) is 13.8 Å². The number of aliphatic hydroxyl groups excluding tert-OH is 1. The van der Waals surface area contributed by atoms with Crippen LogP contribution in [-0.2, 0) is 4.74 Å². The first-order valence-electron chi connectivity index (χ1n) is 9.91. The van der Waals surface area contributed by atoms with Gasteiger partial charge in [0.25, 0.3) is 0 Å². The van der Waals surface area contributed by atoms with Gasteiger partial charge < -0.3 is 25.2 Å². The molecule has 0 aromatic rings. The van der Waals surface area contributed by atoms with E-state index in [9.17, 15) is 20.4 Å². The molecule has 0 aromatic carbocycles. The van der Waals surface area contributed by atoms with Crippen molar-refractivity contribution >= 4 is 0 Å². The SMILES string of the molecule is CC(C)C1CC2C3(C)CC4(O)OC(C5C(C)C(O)CC53O)C2(O)C14C. The molecule has 0 radical (unpaired) electrons. The molecule has 4 saturated carbocycles. The van der Waals surface area contributed by atoms with Crippen LogP contribution in [0.1, 0.15) is 53.9 Å². The highest BCUT2D eigenvalue weighted by atomic mass is 16.7. The summed E-state index contributed by atoms with van der Waals surface area (Å²) in [6.45, 7) is 10.2. The lowest BCUT2D eigenvalue weighted by Gasteiger charge is -2.64. The molecule has 11 unspecified atom stereocenters. The van der Waals surface area contributed by atoms with Crippen molar-refractivity contribution in [3.8, 4) is 0 Å². The van der Waals surface area contributed by atoms with Crippen molar-refractivity contribution in [2.75, 3.05) is 0 Å². The minimum Gasteiger partial charge on any atom is -0.393 e. The minimum absolute atomic E-state index is 0.121. The third-order valence-corrected chi connectivity index (χ3v) is 9.90. The van der Waals surface area contributed by atoms with Crippen LogP contribution in [0.15, 0.2) is 0 Å². The van der Waals surface area contributed by atoms with Crippen LogP contribution in [-0.4, -0.2) is 49.6 Å². The highest BCUT2D eigenvalue weighted by Crippen LogP contribution is 2.83. The number of fused-ring (bicyclic) bond motifs is 3. The van der Waals surface area contributed by atoms with Crippen molar-refractivity contribution in [2.24, 2.45) is 40.4 Å². The Kier molecular flexibility index (Phi) is 2.79. The molecule has 5 rings (SSSR count). The first-order valence-corrected chi connectivity index (χ1v) is 9.91. The van der Waals surface area contributed by atoms with Crippen molar-refractivity contribution in [2.45, 2.75) is 83.1 Å². The van der Waals surface area contributed by atoms with E-state index in [0.717, 1.165) is 6.42 Å². The van der Waals surface area contributed by atoms with Crippen LogP contribution in [0.3, 0.4) is 0 Å². The van der Waals surface area contributed by atoms with Crippen molar-refractivity contribution < 1.29 is 25.2 Å². The predicted molar refractivity (Wildman–Crippen MR) is 90.3 cm³/mol. The molecular weight excluding hydrogens is 320 g/mol. The van der Waals surface area contributed by atoms with Gasteiger partial charge in [-0.15, -0.1) is 0 Å². The van der Waals surface area contributed by atoms with Crippen molar-refractivity contribution in [1.82, 2.24) is 0 Å². The van der Waals surface area contributed by atoms with E-state index in [0.29, 0.717) is 18.8 Å². The van der Waals surface area contributed by atoms with Crippen LogP contribution in [0.4, 0.5) is 0 Å². The highest BCUT2D eigenvalue weighted by Gasteiger charge is 2.91. The Hall–Kier alpha value is -0.200. The Morgan fingerprint density at radius 2 is 1.76 bits per heavy atom. The Morgan fingerprint density at radius 3 is 2.36 bits per heavy atom. The monoisotopic (exact) mass is 352 g/mol. The molecule has 0 aromatic heterocycles. The van der Waals surface area contributed by atoms with Gasteiger partial charge in [-0.05, 0) is 30.1 Å². The zero-order valence-electron chi connectivity index (χ0n) is 15.9. The standard InChI is InChI=1S/C20H32O5/c1-9(2)11-6-13-16(4)8-19(23)17(11,5)20(13,24)15(25-19)14-10(3)12(21)7-18(14,16)22/h9-15,21-24H,6-8H2,1-5H3. The quantitative estimate of drug-likeness (QED) is 0.571. The third-order valence-electron chi connectivity index (χ3n) is 9.90. The van der Waals surface area contributed by atoms with Crippen LogP contribution < -0.4 is 0 Å². The number of hydrogen-bond donors (Lipinski definition) is 4. The minimum atomic E-state index is -1.42. The summed E-state index contributed by atoms with van der Waals surface area (Å²) in [7, 11) is 0. The summed E-state index contributed by atoms with van der Waals surface area (Å²) >= 11 is 0. The normalized spacial score (nSPS) is 70.3. The maximum atomic E-state index is 12.1. The molecule has 1 heterocycles. The molecule has 0 amide bonds. The van der Waals surface area contributed by atoms with Gasteiger partial charge in [-0.25, -0.2) is 0 Å². The smallest absolute Gasteiger partial charge is 0.175 e. The largest absolute Gasteiger partial charge is 0.393 e. The fourth-order valence-corrected chi connectivity index (χ4v) is 8.63. The van der Waals surface area contributed by atoms with E-state index in [-0.39, 0.29) is 23.7 Å². The molecule has 5 heteroatoms. The first-order chi connectivity index (χ1) is 11.4. The zero-order valence-corrected chi connectivity index (χ0v) is 15.9. The maximum Gasteiger partial charge on any atom is 0.175 e. The van der Waals surface area contributed by atoms with Crippen LogP contribution in [0, 0.1) is 40.4 Å². The van der Waals surface area contributed by atoms with Gasteiger partial charge in [0.15, 0.2) is 5.79 Å². The molecule has 5 fully saturated rings. The highest BCUT2D eigenvalue weighted by molar-refractivity contribution is 5.37. The van der Waals surface area contributed by atoms with E-state index >= 15 is 0 Å². The average molecular weight is 352 g/mol. The lowest BCUT2D eigenvalue weighted by molar-refractivity contribution is -0.301. The van der Waals surface area contributed by atoms with Crippen LogP contribution in [0.25, 0.3) is 0 Å². The lowest BCUT2D eigenvalue weighted by Crippen LogP contribution is -2.75. The second-order valence-electron chi connectivity index (χ2n) is 10.7. The van der Waals surface area contributed by atoms with Gasteiger partial charge in [-0.2, -0.15) is 0 Å². The molecule has 142 valence electrons. The van der Waals surface area contributed by atoms with E-state index in [4.69, 9.17) is 4.74 Å². The number of rotatable bonds is 1. The molecule has 4 N–H and O–H groups in total. The van der Waals surface area contributed by atoms with Crippen molar-refractivity contribution in [1.29, 1.82) is 0 Å². The van der Waals surface area contributed by atoms with Gasteiger partial charge >= 0.3 is 0 Å². The zero-order chi connectivity index (χ0) is 18.4. The van der Waals surface area contributed by atoms with Gasteiger partial charge in [0, 0.05) is 24.2 Å². The summed E-state index contributed by atoms with van der Waals surface area (Å²) in [5, 5.41) is 46.1. The van der Waals surface area contributed by atoms with Gasteiger partial charge in [-0.3, -0.25) is 0 Å². The van der Waals surface area contributed by atoms with Gasteiger partial charge in [0.2, 0.25) is 0 Å². The lowest BCUT2D eigenvalue weighted by atomic mass is 9.41. The van der Waals surface area contributed by atoms with Crippen LogP contribution in [0.2, 0.25) is 0 Å². The first kappa shape index (κ1) is 16.9. The van der Waals surface area contributed by atoms with Gasteiger partial charge in [-0.1, -0.05) is 34.6 Å². The summed E-state index contributed by atoms with van der Waals surface area (Å²) in [4.78, 5) is 0. The fourth-order valence-electron chi connectivity index (χ4n) is 8.63. The molecule has 0 spiro atoms. The predicted octanol–water partition coefficient (Wildman–Crippen LogP) is 1.27. The van der Waals surface area contributed by atoms with Gasteiger partial charge in [0.1, 0.15) is 5.60 Å². The molecule has 1 aliphatic heterocycles. The molecule has 1 saturated heterocycles. The summed E-state index contributed by atoms with van der Waals surface area (Å²) in [6.07, 6.45) is 0.211. The Bertz CT molecular complexity index is 652. The van der Waals surface area contributed by atoms with E-state index in [1.54, 1.807) is 0 Å². The molecule has 25 heavy (non-hydrogen) atoms. The summed E-state index contributed by atoms with van der Waals surface area (Å²) < 4.78 is 6.28. The summed E-state index contributed by atoms with van der Waals surface area (Å²) in [6, 6.07) is 0. The molecular formula is C20H32O5. The van der Waals surface area contributed by atoms with Crippen LogP contribution in [0.5, 0.6) is 0 Å². The number of hydrogen-bond acceptors (Lipinski definition) is 5. The fraction of sp³-hybridized carbons (Fsp3) is 1.00. The number of aliphatic hydroxyl groups is 4. The molecule has 11 atom stereocenters. The second kappa shape index (κ2) is 4.12. The summed E-state index contributed by atoms with van der Waals surface area (Å²) in [5.41, 5.74) is -3.66. The maximum absolute atomic E-state index is 12.1. The number of ether oxygens (including phenoxy) is 1. The van der Waals surface area contributed by atoms with Crippen molar-refractivity contribution in [3.63, 3.8) is 0 Å². The van der Waals surface area contributed by atoms with Crippen LogP contribution >= 0.6 is 0 Å². The molecule has 5 aliphatic rings. The van der Waals surface area contributed by atoms with E-state index in [1.807, 2.05) is 20.8 Å². The topological polar surface area (TPSA) is 90.2 Å². The Morgan fingerprint density at radius 1 is 1.12 bits per heavy atom. The Labute approximate surface area is 149 Å². The molecule has 4 aliphatic carbocycles. The third kappa shape index (κ3) is 1.31.